The van der Waals surface area contributed by atoms with E-state index in [1.165, 1.54) is 6.07 Å². The Bertz CT molecular complexity index is 1050. The molecule has 31 heavy (non-hydrogen) atoms. The molecule has 1 atom stereocenters. The second-order valence-electron chi connectivity index (χ2n) is 6.89. The molecule has 1 fully saturated rings. The molecule has 162 valence electrons. The van der Waals surface area contributed by atoms with Crippen LogP contribution in [0.3, 0.4) is 0 Å². The minimum Gasteiger partial charge on any atom is -0.480 e. The number of rotatable bonds is 6. The van der Waals surface area contributed by atoms with Gasteiger partial charge in [-0.2, -0.15) is 13.2 Å². The summed E-state index contributed by atoms with van der Waals surface area (Å²) in [5.41, 5.74) is 0.956. The molecule has 1 unspecified atom stereocenters. The standard InChI is InChI=1S/C22H18F3NO3S2/c1-2-4-17(20(28)29)26-19(27)18(31-21(26)30)11-13-7-9-14(10-8-13)15-5-3-6-16(12-15)22(23,24)25/h3,5-12,17H,2,4H2,1H3,(H,28,29). The van der Waals surface area contributed by atoms with Crippen molar-refractivity contribution in [3.63, 3.8) is 0 Å². The van der Waals surface area contributed by atoms with Crippen molar-refractivity contribution in [3.05, 3.63) is 64.6 Å². The van der Waals surface area contributed by atoms with Gasteiger partial charge in [-0.05, 0) is 41.3 Å². The number of aliphatic carboxylic acids is 1. The molecule has 0 spiro atoms. The number of thioether (sulfide) groups is 1. The summed E-state index contributed by atoms with van der Waals surface area (Å²) >= 11 is 6.25. The maximum Gasteiger partial charge on any atom is 0.416 e. The average Bonchev–Trinajstić information content (AvgIpc) is 2.99. The number of thiocarbonyl (C=S) groups is 1. The second-order valence-corrected chi connectivity index (χ2v) is 8.57. The third-order valence-corrected chi connectivity index (χ3v) is 6.04. The van der Waals surface area contributed by atoms with E-state index in [4.69, 9.17) is 12.2 Å². The normalized spacial score (nSPS) is 16.8. The van der Waals surface area contributed by atoms with Gasteiger partial charge in [-0.25, -0.2) is 4.79 Å². The summed E-state index contributed by atoms with van der Waals surface area (Å²) in [6, 6.07) is 10.7. The van der Waals surface area contributed by atoms with Crippen LogP contribution >= 0.6 is 24.0 Å². The number of nitrogens with zero attached hydrogens (tertiary/aromatic N) is 1. The quantitative estimate of drug-likeness (QED) is 0.430. The van der Waals surface area contributed by atoms with Crippen molar-refractivity contribution in [3.8, 4) is 11.1 Å². The maximum atomic E-state index is 12.9. The van der Waals surface area contributed by atoms with Gasteiger partial charge in [0, 0.05) is 0 Å². The van der Waals surface area contributed by atoms with Crippen LogP contribution in [0, 0.1) is 0 Å². The van der Waals surface area contributed by atoms with Gasteiger partial charge < -0.3 is 5.11 Å². The summed E-state index contributed by atoms with van der Waals surface area (Å²) in [7, 11) is 0. The summed E-state index contributed by atoms with van der Waals surface area (Å²) in [6.45, 7) is 1.83. The van der Waals surface area contributed by atoms with E-state index in [0.717, 1.165) is 28.8 Å². The summed E-state index contributed by atoms with van der Waals surface area (Å²) in [5, 5.41) is 9.43. The molecule has 0 saturated carbocycles. The molecule has 1 heterocycles. The molecule has 1 saturated heterocycles. The molecule has 1 amide bonds. The fourth-order valence-corrected chi connectivity index (χ4v) is 4.54. The smallest absolute Gasteiger partial charge is 0.416 e. The van der Waals surface area contributed by atoms with E-state index >= 15 is 0 Å². The highest BCUT2D eigenvalue weighted by molar-refractivity contribution is 8.26. The molecule has 4 nitrogen and oxygen atoms in total. The number of benzene rings is 2. The maximum absolute atomic E-state index is 12.9. The van der Waals surface area contributed by atoms with E-state index in [9.17, 15) is 27.9 Å². The molecule has 0 aromatic heterocycles. The van der Waals surface area contributed by atoms with Crippen molar-refractivity contribution in [1.82, 2.24) is 4.90 Å². The molecule has 1 N–H and O–H groups in total. The van der Waals surface area contributed by atoms with Crippen LogP contribution in [0.5, 0.6) is 0 Å². The Morgan fingerprint density at radius 1 is 1.19 bits per heavy atom. The van der Waals surface area contributed by atoms with Crippen LogP contribution < -0.4 is 0 Å². The lowest BCUT2D eigenvalue weighted by Crippen LogP contribution is -2.43. The van der Waals surface area contributed by atoms with Crippen molar-refractivity contribution in [2.24, 2.45) is 0 Å². The van der Waals surface area contributed by atoms with Gasteiger partial charge >= 0.3 is 12.1 Å². The SMILES string of the molecule is CCCC(C(=O)O)N1C(=O)C(=Cc2ccc(-c3cccc(C(F)(F)F)c3)cc2)SC1=S. The number of carboxylic acid groups (broad SMARTS) is 1. The van der Waals surface area contributed by atoms with Crippen LogP contribution in [0.4, 0.5) is 13.2 Å². The molecule has 0 aliphatic carbocycles. The Labute approximate surface area is 186 Å². The number of hydrogen-bond donors (Lipinski definition) is 1. The summed E-state index contributed by atoms with van der Waals surface area (Å²) in [4.78, 5) is 25.7. The van der Waals surface area contributed by atoms with Crippen LogP contribution in [0.1, 0.15) is 30.9 Å². The summed E-state index contributed by atoms with van der Waals surface area (Å²) < 4.78 is 39.0. The van der Waals surface area contributed by atoms with Gasteiger partial charge in [0.2, 0.25) is 0 Å². The lowest BCUT2D eigenvalue weighted by atomic mass is 10.0. The van der Waals surface area contributed by atoms with Crippen LogP contribution in [-0.4, -0.2) is 32.2 Å². The molecule has 1 aliphatic heterocycles. The second kappa shape index (κ2) is 9.23. The highest BCUT2D eigenvalue weighted by atomic mass is 32.2. The van der Waals surface area contributed by atoms with Crippen molar-refractivity contribution >= 4 is 46.3 Å². The lowest BCUT2D eigenvalue weighted by Gasteiger charge is -2.22. The van der Waals surface area contributed by atoms with E-state index in [1.807, 2.05) is 6.92 Å². The minimum atomic E-state index is -4.42. The molecule has 3 rings (SSSR count). The van der Waals surface area contributed by atoms with Gasteiger partial charge in [-0.1, -0.05) is 73.7 Å². The number of hydrogen-bond acceptors (Lipinski definition) is 4. The Hall–Kier alpha value is -2.65. The number of alkyl halides is 3. The number of carbonyl (C=O) groups is 2. The monoisotopic (exact) mass is 465 g/mol. The molecule has 9 heteroatoms. The molecule has 0 bridgehead atoms. The van der Waals surface area contributed by atoms with Gasteiger partial charge in [-0.3, -0.25) is 9.69 Å². The first-order valence-corrected chi connectivity index (χ1v) is 10.6. The zero-order valence-electron chi connectivity index (χ0n) is 16.3. The Balaban J connectivity index is 1.83. The number of carboxylic acids is 1. The zero-order valence-corrected chi connectivity index (χ0v) is 18.0. The predicted molar refractivity (Wildman–Crippen MR) is 118 cm³/mol. The molecular formula is C22H18F3NO3S2. The fraction of sp³-hybridized carbons (Fsp3) is 0.227. The van der Waals surface area contributed by atoms with E-state index in [0.29, 0.717) is 34.4 Å². The molecule has 0 radical (unpaired) electrons. The highest BCUT2D eigenvalue weighted by Crippen LogP contribution is 2.36. The third kappa shape index (κ3) is 5.16. The topological polar surface area (TPSA) is 57.6 Å². The fourth-order valence-electron chi connectivity index (χ4n) is 3.18. The first kappa shape index (κ1) is 23.0. The highest BCUT2D eigenvalue weighted by Gasteiger charge is 2.40. The van der Waals surface area contributed by atoms with Crippen LogP contribution in [0.15, 0.2) is 53.4 Å². The Kier molecular flexibility index (Phi) is 6.86. The van der Waals surface area contributed by atoms with Gasteiger partial charge in [0.05, 0.1) is 10.5 Å². The van der Waals surface area contributed by atoms with Crippen molar-refractivity contribution in [1.29, 1.82) is 0 Å². The van der Waals surface area contributed by atoms with Crippen molar-refractivity contribution in [2.75, 3.05) is 0 Å². The van der Waals surface area contributed by atoms with E-state index in [1.54, 1.807) is 36.4 Å². The number of halogens is 3. The Morgan fingerprint density at radius 3 is 2.45 bits per heavy atom. The van der Waals surface area contributed by atoms with Gasteiger partial charge in [0.25, 0.3) is 5.91 Å². The van der Waals surface area contributed by atoms with Crippen LogP contribution in [-0.2, 0) is 15.8 Å². The number of amides is 1. The summed E-state index contributed by atoms with van der Waals surface area (Å²) in [6.07, 6.45) is -1.94. The largest absolute Gasteiger partial charge is 0.480 e. The van der Waals surface area contributed by atoms with Crippen LogP contribution in [0.2, 0.25) is 0 Å². The summed E-state index contributed by atoms with van der Waals surface area (Å²) in [5.74, 6) is -1.57. The Morgan fingerprint density at radius 2 is 1.87 bits per heavy atom. The first-order chi connectivity index (χ1) is 14.6. The average molecular weight is 466 g/mol. The van der Waals surface area contributed by atoms with Gasteiger partial charge in [0.1, 0.15) is 10.4 Å². The molecule has 1 aliphatic rings. The van der Waals surface area contributed by atoms with Crippen molar-refractivity contribution in [2.45, 2.75) is 32.0 Å². The predicted octanol–water partition coefficient (Wildman–Crippen LogP) is 5.83. The molecule has 2 aromatic rings. The van der Waals surface area contributed by atoms with Gasteiger partial charge in [-0.15, -0.1) is 0 Å². The van der Waals surface area contributed by atoms with Crippen LogP contribution in [0.25, 0.3) is 17.2 Å². The van der Waals surface area contributed by atoms with E-state index < -0.39 is 29.7 Å². The third-order valence-electron chi connectivity index (χ3n) is 4.71. The van der Waals surface area contributed by atoms with E-state index in [-0.39, 0.29) is 4.32 Å². The zero-order chi connectivity index (χ0) is 22.8. The van der Waals surface area contributed by atoms with E-state index in [2.05, 4.69) is 0 Å². The van der Waals surface area contributed by atoms with Crippen molar-refractivity contribution < 1.29 is 27.9 Å². The minimum absolute atomic E-state index is 0.192. The molecule has 2 aromatic carbocycles. The lowest BCUT2D eigenvalue weighted by molar-refractivity contribution is -0.145. The van der Waals surface area contributed by atoms with Gasteiger partial charge in [0.15, 0.2) is 0 Å². The number of carbonyl (C=O) groups excluding carboxylic acids is 1. The molecular weight excluding hydrogens is 447 g/mol. The first-order valence-electron chi connectivity index (χ1n) is 9.39.